The van der Waals surface area contributed by atoms with Gasteiger partial charge in [0.2, 0.25) is 0 Å². The second-order valence-electron chi connectivity index (χ2n) is 6.87. The van der Waals surface area contributed by atoms with E-state index in [-0.39, 0.29) is 5.91 Å². The molecule has 3 N–H and O–H groups in total. The summed E-state index contributed by atoms with van der Waals surface area (Å²) in [7, 11) is 3.11. The standard InChI is InChI=1S/C21H27N3O3/c1-14-6-4-5-9-24(14)20-8-7-16(12-19(20)22)23-21(25)15-10-17(26-2)13-18(11-15)27-3/h7-8,10-14H,4-6,9,22H2,1-3H3,(H,23,25). The van der Waals surface area contributed by atoms with Crippen LogP contribution in [0.1, 0.15) is 36.5 Å². The zero-order valence-corrected chi connectivity index (χ0v) is 16.1. The predicted molar refractivity (Wildman–Crippen MR) is 109 cm³/mol. The molecule has 0 aromatic heterocycles. The van der Waals surface area contributed by atoms with E-state index in [4.69, 9.17) is 15.2 Å². The summed E-state index contributed by atoms with van der Waals surface area (Å²) in [6.45, 7) is 3.24. The van der Waals surface area contributed by atoms with Gasteiger partial charge in [-0.2, -0.15) is 0 Å². The van der Waals surface area contributed by atoms with Gasteiger partial charge in [0, 0.05) is 29.9 Å². The zero-order chi connectivity index (χ0) is 19.4. The van der Waals surface area contributed by atoms with Gasteiger partial charge in [0.1, 0.15) is 11.5 Å². The highest BCUT2D eigenvalue weighted by Crippen LogP contribution is 2.32. The Morgan fingerprint density at radius 1 is 1.11 bits per heavy atom. The summed E-state index contributed by atoms with van der Waals surface area (Å²) in [6.07, 6.45) is 3.62. The molecule has 1 heterocycles. The maximum Gasteiger partial charge on any atom is 0.255 e. The first kappa shape index (κ1) is 18.9. The van der Waals surface area contributed by atoms with Crippen LogP contribution in [0, 0.1) is 0 Å². The number of nitrogens with two attached hydrogens (primary N) is 1. The number of anilines is 3. The molecule has 0 bridgehead atoms. The largest absolute Gasteiger partial charge is 0.497 e. The van der Waals surface area contributed by atoms with Gasteiger partial charge in [0.25, 0.3) is 5.91 Å². The lowest BCUT2D eigenvalue weighted by molar-refractivity contribution is 0.102. The molecule has 1 aliphatic heterocycles. The smallest absolute Gasteiger partial charge is 0.255 e. The Morgan fingerprint density at radius 3 is 2.41 bits per heavy atom. The van der Waals surface area contributed by atoms with Crippen LogP contribution in [0.2, 0.25) is 0 Å². The van der Waals surface area contributed by atoms with Crippen molar-refractivity contribution in [2.75, 3.05) is 36.7 Å². The van der Waals surface area contributed by atoms with Gasteiger partial charge >= 0.3 is 0 Å². The quantitative estimate of drug-likeness (QED) is 0.781. The van der Waals surface area contributed by atoms with Crippen LogP contribution >= 0.6 is 0 Å². The van der Waals surface area contributed by atoms with Gasteiger partial charge in [-0.15, -0.1) is 0 Å². The lowest BCUT2D eigenvalue weighted by atomic mass is 10.0. The van der Waals surface area contributed by atoms with E-state index in [2.05, 4.69) is 17.1 Å². The number of benzene rings is 2. The van der Waals surface area contributed by atoms with Crippen molar-refractivity contribution in [2.24, 2.45) is 0 Å². The van der Waals surface area contributed by atoms with Crippen molar-refractivity contribution in [3.8, 4) is 11.5 Å². The first-order valence-electron chi connectivity index (χ1n) is 9.22. The minimum atomic E-state index is -0.245. The maximum atomic E-state index is 12.6. The van der Waals surface area contributed by atoms with Crippen molar-refractivity contribution in [1.29, 1.82) is 0 Å². The number of hydrogen-bond donors (Lipinski definition) is 2. The highest BCUT2D eigenvalue weighted by molar-refractivity contribution is 6.05. The van der Waals surface area contributed by atoms with E-state index in [1.807, 2.05) is 18.2 Å². The van der Waals surface area contributed by atoms with Gasteiger partial charge in [0.05, 0.1) is 25.6 Å². The molecule has 144 valence electrons. The van der Waals surface area contributed by atoms with Crippen molar-refractivity contribution < 1.29 is 14.3 Å². The van der Waals surface area contributed by atoms with Crippen LogP contribution in [0.25, 0.3) is 0 Å². The molecule has 1 aliphatic rings. The Hall–Kier alpha value is -2.89. The minimum Gasteiger partial charge on any atom is -0.497 e. The first-order valence-corrected chi connectivity index (χ1v) is 9.22. The molecule has 0 aliphatic carbocycles. The van der Waals surface area contributed by atoms with Crippen molar-refractivity contribution in [3.63, 3.8) is 0 Å². The Labute approximate surface area is 160 Å². The molecule has 0 saturated carbocycles. The molecule has 2 aromatic carbocycles. The number of nitrogens with zero attached hydrogens (tertiary/aromatic N) is 1. The number of methoxy groups -OCH3 is 2. The summed E-state index contributed by atoms with van der Waals surface area (Å²) >= 11 is 0. The number of nitrogen functional groups attached to an aromatic ring is 1. The highest BCUT2D eigenvalue weighted by atomic mass is 16.5. The van der Waals surface area contributed by atoms with Crippen LogP contribution in [0.4, 0.5) is 17.1 Å². The van der Waals surface area contributed by atoms with Crippen molar-refractivity contribution in [3.05, 3.63) is 42.0 Å². The molecule has 6 heteroatoms. The van der Waals surface area contributed by atoms with Crippen LogP contribution in [0.15, 0.2) is 36.4 Å². The van der Waals surface area contributed by atoms with Crippen LogP contribution < -0.4 is 25.4 Å². The molecule has 0 radical (unpaired) electrons. The summed E-state index contributed by atoms with van der Waals surface area (Å²) in [5.74, 6) is 0.882. The van der Waals surface area contributed by atoms with Crippen molar-refractivity contribution in [2.45, 2.75) is 32.2 Å². The Bertz CT molecular complexity index is 800. The number of rotatable bonds is 5. The van der Waals surface area contributed by atoms with Gasteiger partial charge < -0.3 is 25.4 Å². The predicted octanol–water partition coefficient (Wildman–Crippen LogP) is 3.92. The van der Waals surface area contributed by atoms with Crippen molar-refractivity contribution >= 4 is 23.0 Å². The van der Waals surface area contributed by atoms with E-state index in [1.165, 1.54) is 19.3 Å². The number of nitrogens with one attached hydrogen (secondary N) is 1. The second-order valence-corrected chi connectivity index (χ2v) is 6.87. The van der Waals surface area contributed by atoms with E-state index in [0.717, 1.165) is 12.2 Å². The third-order valence-corrected chi connectivity index (χ3v) is 5.01. The van der Waals surface area contributed by atoms with Gasteiger partial charge in [-0.1, -0.05) is 0 Å². The number of hydrogen-bond acceptors (Lipinski definition) is 5. The summed E-state index contributed by atoms with van der Waals surface area (Å²) in [4.78, 5) is 15.0. The summed E-state index contributed by atoms with van der Waals surface area (Å²) < 4.78 is 10.4. The normalized spacial score (nSPS) is 16.7. The average molecular weight is 369 g/mol. The minimum absolute atomic E-state index is 0.245. The molecule has 1 amide bonds. The van der Waals surface area contributed by atoms with Gasteiger partial charge in [-0.05, 0) is 56.5 Å². The molecule has 1 fully saturated rings. The monoisotopic (exact) mass is 369 g/mol. The molecule has 1 unspecified atom stereocenters. The molecule has 1 saturated heterocycles. The molecule has 2 aromatic rings. The zero-order valence-electron chi connectivity index (χ0n) is 16.1. The molecule has 1 atom stereocenters. The SMILES string of the molecule is COc1cc(OC)cc(C(=O)Nc2ccc(N3CCCCC3C)c(N)c2)c1. The number of carbonyl (C=O) groups is 1. The highest BCUT2D eigenvalue weighted by Gasteiger charge is 2.20. The fraction of sp³-hybridized carbons (Fsp3) is 0.381. The van der Waals surface area contributed by atoms with Gasteiger partial charge in [-0.25, -0.2) is 0 Å². The third kappa shape index (κ3) is 4.27. The maximum absolute atomic E-state index is 12.6. The van der Waals surface area contributed by atoms with Crippen LogP contribution in [0.3, 0.4) is 0 Å². The summed E-state index contributed by atoms with van der Waals surface area (Å²) in [5, 5.41) is 2.89. The van der Waals surface area contributed by atoms with Gasteiger partial charge in [-0.3, -0.25) is 4.79 Å². The van der Waals surface area contributed by atoms with Gasteiger partial charge in [0.15, 0.2) is 0 Å². The molecule has 0 spiro atoms. The Balaban J connectivity index is 1.78. The number of carbonyl (C=O) groups excluding carboxylic acids is 1. The lowest BCUT2D eigenvalue weighted by Crippen LogP contribution is -2.37. The van der Waals surface area contributed by atoms with E-state index in [9.17, 15) is 4.79 Å². The lowest BCUT2D eigenvalue weighted by Gasteiger charge is -2.36. The fourth-order valence-corrected chi connectivity index (χ4v) is 3.49. The Kier molecular flexibility index (Phi) is 5.74. The fourth-order valence-electron chi connectivity index (χ4n) is 3.49. The molecule has 27 heavy (non-hydrogen) atoms. The van der Waals surface area contributed by atoms with E-state index in [0.29, 0.717) is 34.5 Å². The van der Waals surface area contributed by atoms with E-state index in [1.54, 1.807) is 32.4 Å². The summed E-state index contributed by atoms with van der Waals surface area (Å²) in [5.41, 5.74) is 9.11. The average Bonchev–Trinajstić information content (AvgIpc) is 2.68. The number of piperidine rings is 1. The van der Waals surface area contributed by atoms with Crippen LogP contribution in [-0.2, 0) is 0 Å². The molecule has 6 nitrogen and oxygen atoms in total. The number of ether oxygens (including phenoxy) is 2. The third-order valence-electron chi connectivity index (χ3n) is 5.01. The van der Waals surface area contributed by atoms with Crippen molar-refractivity contribution in [1.82, 2.24) is 0 Å². The summed E-state index contributed by atoms with van der Waals surface area (Å²) in [6, 6.07) is 11.2. The number of amides is 1. The molecule has 3 rings (SSSR count). The van der Waals surface area contributed by atoms with E-state index < -0.39 is 0 Å². The topological polar surface area (TPSA) is 76.8 Å². The van der Waals surface area contributed by atoms with E-state index >= 15 is 0 Å². The van der Waals surface area contributed by atoms with Crippen LogP contribution in [-0.4, -0.2) is 32.7 Å². The second kappa shape index (κ2) is 8.20. The first-order chi connectivity index (χ1) is 13.0. The van der Waals surface area contributed by atoms with Crippen LogP contribution in [0.5, 0.6) is 11.5 Å². The Morgan fingerprint density at radius 2 is 1.81 bits per heavy atom. The molecular formula is C21H27N3O3. The molecular weight excluding hydrogens is 342 g/mol.